The molecule has 2 rings (SSSR count). The molecule has 0 aliphatic rings. The topological polar surface area (TPSA) is 42.1 Å². The van der Waals surface area contributed by atoms with E-state index in [9.17, 15) is 4.79 Å². The fourth-order valence-electron chi connectivity index (χ4n) is 1.80. The number of thiazole rings is 1. The second-order valence-corrected chi connectivity index (χ2v) is 6.17. The lowest BCUT2D eigenvalue weighted by Crippen LogP contribution is -2.03. The summed E-state index contributed by atoms with van der Waals surface area (Å²) in [5.74, 6) is 0.0915. The normalized spacial score (nSPS) is 10.7. The first-order valence-electron chi connectivity index (χ1n) is 5.94. The lowest BCUT2D eigenvalue weighted by Gasteiger charge is -2.06. The highest BCUT2D eigenvalue weighted by atomic mass is 32.1. The predicted molar refractivity (Wildman–Crippen MR) is 80.4 cm³/mol. The molecule has 0 unspecified atom stereocenters. The largest absolute Gasteiger partial charge is 0.464 e. The molecule has 1 heterocycles. The Morgan fingerprint density at radius 2 is 1.95 bits per heavy atom. The SMILES string of the molecule is COC(=O)c1[nH]c(=S)sc1-c1ccc(C(C)C)cc1. The van der Waals surface area contributed by atoms with Gasteiger partial charge in [0, 0.05) is 0 Å². The first-order valence-corrected chi connectivity index (χ1v) is 7.17. The van der Waals surface area contributed by atoms with Crippen molar-refractivity contribution in [2.75, 3.05) is 7.11 Å². The fraction of sp³-hybridized carbons (Fsp3) is 0.286. The number of esters is 1. The van der Waals surface area contributed by atoms with Gasteiger partial charge in [0.1, 0.15) is 5.69 Å². The molecular weight excluding hydrogens is 278 g/mol. The number of carbonyl (C=O) groups excluding carboxylic acids is 1. The zero-order valence-corrected chi connectivity index (χ0v) is 12.7. The Kier molecular flexibility index (Phi) is 4.17. The zero-order chi connectivity index (χ0) is 14.0. The third-order valence-electron chi connectivity index (χ3n) is 2.88. The average Bonchev–Trinajstić information content (AvgIpc) is 2.80. The van der Waals surface area contributed by atoms with Gasteiger partial charge in [0.15, 0.2) is 3.95 Å². The Hall–Kier alpha value is -1.46. The Labute approximate surface area is 121 Å². The van der Waals surface area contributed by atoms with Crippen molar-refractivity contribution in [2.45, 2.75) is 19.8 Å². The molecule has 100 valence electrons. The number of hydrogen-bond acceptors (Lipinski definition) is 4. The van der Waals surface area contributed by atoms with Crippen molar-refractivity contribution >= 4 is 29.5 Å². The third kappa shape index (κ3) is 2.93. The van der Waals surface area contributed by atoms with E-state index in [1.807, 2.05) is 12.1 Å². The summed E-state index contributed by atoms with van der Waals surface area (Å²) in [6.45, 7) is 4.30. The number of aromatic nitrogens is 1. The first kappa shape index (κ1) is 14.0. The zero-order valence-electron chi connectivity index (χ0n) is 11.0. The maximum atomic E-state index is 11.7. The van der Waals surface area contributed by atoms with Crippen molar-refractivity contribution in [2.24, 2.45) is 0 Å². The Morgan fingerprint density at radius 3 is 2.47 bits per heavy atom. The summed E-state index contributed by atoms with van der Waals surface area (Å²) in [6.07, 6.45) is 0. The Morgan fingerprint density at radius 1 is 1.32 bits per heavy atom. The molecule has 0 atom stereocenters. The molecule has 0 saturated heterocycles. The molecular formula is C14H15NO2S2. The highest BCUT2D eigenvalue weighted by Crippen LogP contribution is 2.30. The van der Waals surface area contributed by atoms with Crippen LogP contribution in [-0.2, 0) is 4.74 Å². The van der Waals surface area contributed by atoms with Crippen LogP contribution < -0.4 is 0 Å². The van der Waals surface area contributed by atoms with E-state index in [1.165, 1.54) is 24.0 Å². The summed E-state index contributed by atoms with van der Waals surface area (Å²) in [5, 5.41) is 0. The van der Waals surface area contributed by atoms with Crippen molar-refractivity contribution in [3.8, 4) is 10.4 Å². The molecule has 0 aliphatic heterocycles. The minimum absolute atomic E-state index is 0.393. The molecule has 0 bridgehead atoms. The van der Waals surface area contributed by atoms with Crippen LogP contribution in [0.3, 0.4) is 0 Å². The number of carbonyl (C=O) groups is 1. The highest BCUT2D eigenvalue weighted by Gasteiger charge is 2.16. The first-order chi connectivity index (χ1) is 9.02. The van der Waals surface area contributed by atoms with Gasteiger partial charge < -0.3 is 9.72 Å². The van der Waals surface area contributed by atoms with Gasteiger partial charge in [-0.15, -0.1) is 11.3 Å². The van der Waals surface area contributed by atoms with Gasteiger partial charge in [-0.1, -0.05) is 38.1 Å². The van der Waals surface area contributed by atoms with Crippen molar-refractivity contribution in [1.29, 1.82) is 0 Å². The lowest BCUT2D eigenvalue weighted by molar-refractivity contribution is 0.0595. The lowest BCUT2D eigenvalue weighted by atomic mass is 10.0. The van der Waals surface area contributed by atoms with E-state index < -0.39 is 5.97 Å². The van der Waals surface area contributed by atoms with Gasteiger partial charge in [-0.3, -0.25) is 0 Å². The van der Waals surface area contributed by atoms with E-state index in [4.69, 9.17) is 17.0 Å². The van der Waals surface area contributed by atoms with Crippen molar-refractivity contribution < 1.29 is 9.53 Å². The van der Waals surface area contributed by atoms with Crippen LogP contribution in [0, 0.1) is 3.95 Å². The van der Waals surface area contributed by atoms with Crippen LogP contribution in [0.1, 0.15) is 35.8 Å². The van der Waals surface area contributed by atoms with Crippen molar-refractivity contribution in [1.82, 2.24) is 4.98 Å². The van der Waals surface area contributed by atoms with Crippen LogP contribution in [0.5, 0.6) is 0 Å². The number of methoxy groups -OCH3 is 1. The summed E-state index contributed by atoms with van der Waals surface area (Å²) in [4.78, 5) is 15.4. The maximum absolute atomic E-state index is 11.7. The van der Waals surface area contributed by atoms with Gasteiger partial charge in [0.25, 0.3) is 0 Å². The van der Waals surface area contributed by atoms with E-state index in [2.05, 4.69) is 31.0 Å². The molecule has 1 aromatic heterocycles. The molecule has 0 aliphatic carbocycles. The van der Waals surface area contributed by atoms with E-state index in [1.54, 1.807) is 0 Å². The number of benzene rings is 1. The summed E-state index contributed by atoms with van der Waals surface area (Å²) in [5.41, 5.74) is 2.67. The molecule has 5 heteroatoms. The number of aromatic amines is 1. The quantitative estimate of drug-likeness (QED) is 0.674. The van der Waals surface area contributed by atoms with Gasteiger partial charge in [-0.05, 0) is 29.3 Å². The third-order valence-corrected chi connectivity index (χ3v) is 4.16. The number of ether oxygens (including phenoxy) is 1. The summed E-state index contributed by atoms with van der Waals surface area (Å²) >= 11 is 6.49. The number of H-pyrrole nitrogens is 1. The summed E-state index contributed by atoms with van der Waals surface area (Å²) in [6, 6.07) is 8.17. The van der Waals surface area contributed by atoms with E-state index in [0.717, 1.165) is 10.4 Å². The maximum Gasteiger partial charge on any atom is 0.356 e. The minimum Gasteiger partial charge on any atom is -0.464 e. The van der Waals surface area contributed by atoms with Gasteiger partial charge in [-0.25, -0.2) is 4.79 Å². The molecule has 19 heavy (non-hydrogen) atoms. The molecule has 0 saturated carbocycles. The molecule has 2 aromatic rings. The van der Waals surface area contributed by atoms with Gasteiger partial charge in [-0.2, -0.15) is 0 Å². The van der Waals surface area contributed by atoms with E-state index in [-0.39, 0.29) is 0 Å². The molecule has 0 amide bonds. The summed E-state index contributed by atoms with van der Waals surface area (Å²) < 4.78 is 5.34. The molecule has 0 radical (unpaired) electrons. The van der Waals surface area contributed by atoms with Gasteiger partial charge >= 0.3 is 5.97 Å². The van der Waals surface area contributed by atoms with E-state index >= 15 is 0 Å². The van der Waals surface area contributed by atoms with Crippen LogP contribution in [-0.4, -0.2) is 18.1 Å². The van der Waals surface area contributed by atoms with Crippen molar-refractivity contribution in [3.63, 3.8) is 0 Å². The van der Waals surface area contributed by atoms with E-state index in [0.29, 0.717) is 15.6 Å². The number of rotatable bonds is 3. The average molecular weight is 293 g/mol. The van der Waals surface area contributed by atoms with Crippen LogP contribution in [0.2, 0.25) is 0 Å². The van der Waals surface area contributed by atoms with Crippen molar-refractivity contribution in [3.05, 3.63) is 39.5 Å². The van der Waals surface area contributed by atoms with Gasteiger partial charge in [0.2, 0.25) is 0 Å². The smallest absolute Gasteiger partial charge is 0.356 e. The Balaban J connectivity index is 2.47. The standard InChI is InChI=1S/C14H15NO2S2/c1-8(2)9-4-6-10(7-5-9)12-11(13(16)17-3)15-14(18)19-12/h4-8H,1-3H3,(H,15,18). The van der Waals surface area contributed by atoms with Gasteiger partial charge in [0.05, 0.1) is 12.0 Å². The van der Waals surface area contributed by atoms with Crippen LogP contribution in [0.15, 0.2) is 24.3 Å². The molecule has 1 aromatic carbocycles. The monoisotopic (exact) mass is 293 g/mol. The highest BCUT2D eigenvalue weighted by molar-refractivity contribution is 7.73. The Bertz CT molecular complexity index is 638. The second kappa shape index (κ2) is 5.67. The molecule has 0 spiro atoms. The van der Waals surface area contributed by atoms with Crippen LogP contribution in [0.4, 0.5) is 0 Å². The fourth-order valence-corrected chi connectivity index (χ4v) is 2.98. The molecule has 0 fully saturated rings. The number of hydrogen-bond donors (Lipinski definition) is 1. The number of nitrogens with one attached hydrogen (secondary N) is 1. The molecule has 3 nitrogen and oxygen atoms in total. The van der Waals surface area contributed by atoms with Crippen LogP contribution in [0.25, 0.3) is 10.4 Å². The summed E-state index contributed by atoms with van der Waals surface area (Å²) in [7, 11) is 1.36. The minimum atomic E-state index is -0.393. The van der Waals surface area contributed by atoms with Crippen LogP contribution >= 0.6 is 23.6 Å². The molecule has 1 N–H and O–H groups in total. The predicted octanol–water partition coefficient (Wildman–Crippen LogP) is 4.38. The second-order valence-electron chi connectivity index (χ2n) is 4.49.